The Labute approximate surface area is 132 Å². The second-order valence-corrected chi connectivity index (χ2v) is 4.75. The molecule has 1 saturated heterocycles. The number of nitrogens with one attached hydrogen (secondary N) is 1. The van der Waals surface area contributed by atoms with Gasteiger partial charge in [0.25, 0.3) is 6.47 Å². The molecule has 2 aromatic rings. The van der Waals surface area contributed by atoms with Crippen molar-refractivity contribution >= 4 is 18.2 Å². The molecule has 0 bridgehead atoms. The molecule has 0 atom stereocenters. The van der Waals surface area contributed by atoms with Gasteiger partial charge in [0, 0.05) is 19.6 Å². The van der Waals surface area contributed by atoms with Crippen molar-refractivity contribution in [2.75, 3.05) is 29.9 Å². The summed E-state index contributed by atoms with van der Waals surface area (Å²) < 4.78 is 15.5. The highest BCUT2D eigenvalue weighted by atomic mass is 19.1. The van der Waals surface area contributed by atoms with Crippen molar-refractivity contribution in [2.45, 2.75) is 19.4 Å². The average molecular weight is 323 g/mol. The fourth-order valence-electron chi connectivity index (χ4n) is 2.22. The molecule has 1 aliphatic heterocycles. The minimum Gasteiger partial charge on any atom is -0.483 e. The molecule has 0 unspecified atom stereocenters. The van der Waals surface area contributed by atoms with Crippen LogP contribution in [-0.4, -0.2) is 55.9 Å². The van der Waals surface area contributed by atoms with Gasteiger partial charge < -0.3 is 15.3 Å². The van der Waals surface area contributed by atoms with Crippen LogP contribution in [0.25, 0.3) is 0 Å². The van der Waals surface area contributed by atoms with Crippen molar-refractivity contribution in [3.05, 3.63) is 24.7 Å². The van der Waals surface area contributed by atoms with Crippen LogP contribution in [0.2, 0.25) is 0 Å². The topological polar surface area (TPSA) is 109 Å². The Morgan fingerprint density at radius 2 is 2.13 bits per heavy atom. The minimum absolute atomic E-state index is 0.250. The number of nitrogens with zero attached hydrogens (tertiary/aromatic N) is 6. The van der Waals surface area contributed by atoms with Crippen LogP contribution in [0.1, 0.15) is 12.8 Å². The third-order valence-corrected chi connectivity index (χ3v) is 3.22. The molecule has 1 aliphatic rings. The van der Waals surface area contributed by atoms with Gasteiger partial charge in [-0.15, -0.1) is 0 Å². The van der Waals surface area contributed by atoms with Crippen molar-refractivity contribution in [3.63, 3.8) is 0 Å². The first-order valence-corrected chi connectivity index (χ1v) is 7.16. The van der Waals surface area contributed by atoms with Crippen LogP contribution < -0.4 is 10.2 Å². The Morgan fingerprint density at radius 3 is 2.78 bits per heavy atom. The second kappa shape index (κ2) is 8.61. The monoisotopic (exact) mass is 323 g/mol. The van der Waals surface area contributed by atoms with E-state index in [1.807, 2.05) is 4.90 Å². The van der Waals surface area contributed by atoms with Gasteiger partial charge in [-0.2, -0.15) is 10.1 Å². The molecule has 1 fully saturated rings. The van der Waals surface area contributed by atoms with Gasteiger partial charge in [0.1, 0.15) is 12.7 Å². The molecule has 3 heterocycles. The van der Waals surface area contributed by atoms with E-state index in [0.717, 1.165) is 25.9 Å². The maximum atomic E-state index is 13.8. The highest BCUT2D eigenvalue weighted by Gasteiger charge is 2.18. The molecular formula is C13H18FN7O2. The zero-order valence-electron chi connectivity index (χ0n) is 12.5. The van der Waals surface area contributed by atoms with Gasteiger partial charge in [0.05, 0.1) is 12.7 Å². The molecule has 2 aromatic heterocycles. The maximum Gasteiger partial charge on any atom is 0.290 e. The second-order valence-electron chi connectivity index (χ2n) is 4.75. The lowest BCUT2D eigenvalue weighted by Crippen LogP contribution is -2.22. The number of carbonyl (C=O) groups is 1. The molecule has 10 heteroatoms. The Kier molecular flexibility index (Phi) is 6.21. The Hall–Kier alpha value is -2.78. The van der Waals surface area contributed by atoms with E-state index in [1.54, 1.807) is 11.0 Å². The summed E-state index contributed by atoms with van der Waals surface area (Å²) in [6, 6.07) is 0. The van der Waals surface area contributed by atoms with Crippen molar-refractivity contribution in [3.8, 4) is 0 Å². The van der Waals surface area contributed by atoms with Crippen LogP contribution in [0, 0.1) is 5.82 Å². The van der Waals surface area contributed by atoms with E-state index in [1.165, 1.54) is 12.5 Å². The Bertz CT molecular complexity index is 602. The summed E-state index contributed by atoms with van der Waals surface area (Å²) in [4.78, 5) is 22.4. The van der Waals surface area contributed by atoms with E-state index in [-0.39, 0.29) is 12.3 Å². The smallest absolute Gasteiger partial charge is 0.290 e. The van der Waals surface area contributed by atoms with E-state index < -0.39 is 0 Å². The Balaban J connectivity index is 0.000000595. The number of hydrogen-bond donors (Lipinski definition) is 2. The molecule has 0 amide bonds. The third-order valence-electron chi connectivity index (χ3n) is 3.22. The maximum absolute atomic E-state index is 13.8. The lowest BCUT2D eigenvalue weighted by atomic mass is 10.4. The molecule has 2 N–H and O–H groups in total. The summed E-state index contributed by atoms with van der Waals surface area (Å²) in [6.45, 7) is 2.72. The SMILES string of the molecule is Fc1cnc(NCCn2cncn2)nc1N1CCCC1.O=CO. The van der Waals surface area contributed by atoms with Gasteiger partial charge in [-0.05, 0) is 12.8 Å². The first-order chi connectivity index (χ1) is 11.2. The van der Waals surface area contributed by atoms with Crippen LogP contribution in [-0.2, 0) is 11.3 Å². The van der Waals surface area contributed by atoms with E-state index in [9.17, 15) is 4.39 Å². The molecule has 0 saturated carbocycles. The molecule has 0 radical (unpaired) electrons. The van der Waals surface area contributed by atoms with E-state index >= 15 is 0 Å². The van der Waals surface area contributed by atoms with Gasteiger partial charge in [-0.1, -0.05) is 0 Å². The number of halogens is 1. The first-order valence-electron chi connectivity index (χ1n) is 7.16. The average Bonchev–Trinajstić information content (AvgIpc) is 3.23. The van der Waals surface area contributed by atoms with Gasteiger partial charge >= 0.3 is 0 Å². The zero-order chi connectivity index (χ0) is 16.5. The lowest BCUT2D eigenvalue weighted by molar-refractivity contribution is -0.122. The molecule has 3 rings (SSSR count). The normalized spacial score (nSPS) is 13.3. The summed E-state index contributed by atoms with van der Waals surface area (Å²) in [5.41, 5.74) is 0. The van der Waals surface area contributed by atoms with Crippen LogP contribution in [0.4, 0.5) is 16.2 Å². The fraction of sp³-hybridized carbons (Fsp3) is 0.462. The minimum atomic E-state index is -0.367. The molecule has 0 aromatic carbocycles. The molecule has 124 valence electrons. The van der Waals surface area contributed by atoms with Crippen molar-refractivity contribution in [1.29, 1.82) is 0 Å². The predicted molar refractivity (Wildman–Crippen MR) is 80.6 cm³/mol. The van der Waals surface area contributed by atoms with Crippen LogP contribution >= 0.6 is 0 Å². The third kappa shape index (κ3) is 4.87. The molecule has 0 spiro atoms. The van der Waals surface area contributed by atoms with Gasteiger partial charge in [-0.3, -0.25) is 9.48 Å². The quantitative estimate of drug-likeness (QED) is 0.771. The van der Waals surface area contributed by atoms with Crippen LogP contribution in [0.15, 0.2) is 18.9 Å². The van der Waals surface area contributed by atoms with Crippen LogP contribution in [0.3, 0.4) is 0 Å². The van der Waals surface area contributed by atoms with Gasteiger partial charge in [0.15, 0.2) is 11.6 Å². The van der Waals surface area contributed by atoms with Crippen molar-refractivity contribution in [2.24, 2.45) is 0 Å². The molecule has 9 nitrogen and oxygen atoms in total. The van der Waals surface area contributed by atoms with Crippen LogP contribution in [0.5, 0.6) is 0 Å². The Morgan fingerprint density at radius 1 is 1.39 bits per heavy atom. The largest absolute Gasteiger partial charge is 0.483 e. The first kappa shape index (κ1) is 16.6. The van der Waals surface area contributed by atoms with Crippen molar-refractivity contribution in [1.82, 2.24) is 24.7 Å². The molecular weight excluding hydrogens is 305 g/mol. The number of aromatic nitrogens is 5. The highest BCUT2D eigenvalue weighted by Crippen LogP contribution is 2.21. The molecule has 0 aliphatic carbocycles. The lowest BCUT2D eigenvalue weighted by Gasteiger charge is -2.17. The summed E-state index contributed by atoms with van der Waals surface area (Å²) in [5, 5.41) is 14.0. The highest BCUT2D eigenvalue weighted by molar-refractivity contribution is 5.44. The number of rotatable bonds is 5. The number of anilines is 2. The fourth-order valence-corrected chi connectivity index (χ4v) is 2.22. The number of carboxylic acid groups (broad SMARTS) is 1. The van der Waals surface area contributed by atoms with E-state index in [4.69, 9.17) is 9.90 Å². The number of hydrogen-bond acceptors (Lipinski definition) is 7. The summed E-state index contributed by atoms with van der Waals surface area (Å²) >= 11 is 0. The summed E-state index contributed by atoms with van der Waals surface area (Å²) in [5.74, 6) is 0.461. The van der Waals surface area contributed by atoms with Gasteiger partial charge in [-0.25, -0.2) is 14.4 Å². The predicted octanol–water partition coefficient (Wildman–Crippen LogP) is 0.620. The molecule has 23 heavy (non-hydrogen) atoms. The van der Waals surface area contributed by atoms with E-state index in [2.05, 4.69) is 25.4 Å². The van der Waals surface area contributed by atoms with Gasteiger partial charge in [0.2, 0.25) is 5.95 Å². The van der Waals surface area contributed by atoms with E-state index in [0.29, 0.717) is 24.9 Å². The van der Waals surface area contributed by atoms with Crippen molar-refractivity contribution < 1.29 is 14.3 Å². The zero-order valence-corrected chi connectivity index (χ0v) is 12.5. The summed E-state index contributed by atoms with van der Waals surface area (Å²) in [6.07, 6.45) is 6.51. The summed E-state index contributed by atoms with van der Waals surface area (Å²) in [7, 11) is 0. The standard InChI is InChI=1S/C12H16FN7.CH2O2/c13-10-7-16-12(15-3-6-20-9-14-8-17-20)18-11(10)19-4-1-2-5-19;2-1-3/h7-9H,1-6H2,(H,15,16,18);1H,(H,2,3).